The van der Waals surface area contributed by atoms with Gasteiger partial charge < -0.3 is 10.2 Å². The Morgan fingerprint density at radius 3 is 2.38 bits per heavy atom. The molecular weight excluding hydrogens is 251 g/mol. The quantitative estimate of drug-likeness (QED) is 0.841. The van der Waals surface area contributed by atoms with Crippen molar-refractivity contribution in [1.29, 1.82) is 0 Å². The van der Waals surface area contributed by atoms with Gasteiger partial charge in [-0.15, -0.1) is 0 Å². The first-order valence-electron chi connectivity index (χ1n) is 3.40. The van der Waals surface area contributed by atoms with Gasteiger partial charge in [0.2, 0.25) is 0 Å². The smallest absolute Gasteiger partial charge is 0.410 e. The van der Waals surface area contributed by atoms with E-state index in [9.17, 15) is 13.2 Å². The first kappa shape index (κ1) is 10.6. The molecule has 2 N–H and O–H groups in total. The van der Waals surface area contributed by atoms with Crippen LogP contribution >= 0.6 is 15.9 Å². The number of hydrogen-bond acceptors (Lipinski definition) is 2. The van der Waals surface area contributed by atoms with E-state index in [1.54, 1.807) is 0 Å². The van der Waals surface area contributed by atoms with Crippen LogP contribution in [0.15, 0.2) is 15.2 Å². The molecule has 0 saturated carbocycles. The Morgan fingerprint density at radius 2 is 2.08 bits per heavy atom. The highest BCUT2D eigenvalue weighted by Gasteiger charge is 2.40. The molecule has 1 heterocycles. The van der Waals surface area contributed by atoms with Gasteiger partial charge in [0.15, 0.2) is 10.7 Å². The minimum Gasteiger partial charge on any atom is -0.452 e. The fourth-order valence-electron chi connectivity index (χ4n) is 0.914. The van der Waals surface area contributed by atoms with Gasteiger partial charge in [0.05, 0.1) is 0 Å². The standard InChI is InChI=1S/C7H7BrF3NO/c1-3-2-4(8)13-5(3)6(12)7(9,10)11/h2,6H,12H2,1H3. The van der Waals surface area contributed by atoms with E-state index in [1.165, 1.54) is 13.0 Å². The van der Waals surface area contributed by atoms with Crippen LogP contribution in [-0.2, 0) is 0 Å². The summed E-state index contributed by atoms with van der Waals surface area (Å²) >= 11 is 2.93. The minimum absolute atomic E-state index is 0.250. The second-order valence-corrected chi connectivity index (χ2v) is 3.40. The lowest BCUT2D eigenvalue weighted by molar-refractivity contribution is -0.152. The van der Waals surface area contributed by atoms with Crippen molar-refractivity contribution < 1.29 is 17.6 Å². The van der Waals surface area contributed by atoms with Crippen LogP contribution in [0.25, 0.3) is 0 Å². The van der Waals surface area contributed by atoms with Crippen LogP contribution in [0.4, 0.5) is 13.2 Å². The number of alkyl halides is 3. The molecular formula is C7H7BrF3NO. The maximum Gasteiger partial charge on any atom is 0.410 e. The Morgan fingerprint density at radius 1 is 1.54 bits per heavy atom. The van der Waals surface area contributed by atoms with Crippen molar-refractivity contribution >= 4 is 15.9 Å². The van der Waals surface area contributed by atoms with Crippen LogP contribution in [0.2, 0.25) is 0 Å². The van der Waals surface area contributed by atoms with Gasteiger partial charge >= 0.3 is 6.18 Å². The lowest BCUT2D eigenvalue weighted by atomic mass is 10.1. The average Bonchev–Trinajstić information content (AvgIpc) is 2.26. The summed E-state index contributed by atoms with van der Waals surface area (Å²) in [6.45, 7) is 1.51. The summed E-state index contributed by atoms with van der Waals surface area (Å²) in [5.74, 6) is -0.251. The van der Waals surface area contributed by atoms with Gasteiger partial charge in [0.25, 0.3) is 0 Å². The molecule has 0 bridgehead atoms. The van der Waals surface area contributed by atoms with Crippen LogP contribution in [0.1, 0.15) is 17.4 Å². The van der Waals surface area contributed by atoms with E-state index in [4.69, 9.17) is 10.2 Å². The highest BCUT2D eigenvalue weighted by atomic mass is 79.9. The molecule has 0 spiro atoms. The highest BCUT2D eigenvalue weighted by molar-refractivity contribution is 9.10. The van der Waals surface area contributed by atoms with Crippen molar-refractivity contribution in [1.82, 2.24) is 0 Å². The number of hydrogen-bond donors (Lipinski definition) is 1. The van der Waals surface area contributed by atoms with E-state index in [0.29, 0.717) is 5.56 Å². The molecule has 0 aromatic carbocycles. The van der Waals surface area contributed by atoms with Gasteiger partial charge in [-0.3, -0.25) is 0 Å². The Bertz CT molecular complexity index is 307. The van der Waals surface area contributed by atoms with Crippen molar-refractivity contribution in [2.75, 3.05) is 0 Å². The average molecular weight is 258 g/mol. The summed E-state index contributed by atoms with van der Waals surface area (Å²) in [7, 11) is 0. The van der Waals surface area contributed by atoms with Gasteiger partial charge in [-0.05, 0) is 34.5 Å². The Labute approximate surface area is 81.0 Å². The number of halogens is 4. The zero-order valence-corrected chi connectivity index (χ0v) is 8.24. The number of nitrogens with two attached hydrogens (primary N) is 1. The third kappa shape index (κ3) is 2.25. The van der Waals surface area contributed by atoms with Gasteiger partial charge in [0, 0.05) is 0 Å². The number of rotatable bonds is 1. The SMILES string of the molecule is Cc1cc(Br)oc1C(N)C(F)(F)F. The molecule has 2 nitrogen and oxygen atoms in total. The van der Waals surface area contributed by atoms with Crippen molar-refractivity contribution in [2.24, 2.45) is 5.73 Å². The molecule has 0 amide bonds. The fraction of sp³-hybridized carbons (Fsp3) is 0.429. The molecule has 0 fully saturated rings. The molecule has 1 unspecified atom stereocenters. The highest BCUT2D eigenvalue weighted by Crippen LogP contribution is 2.34. The minimum atomic E-state index is -4.47. The van der Waals surface area contributed by atoms with Gasteiger partial charge in [0.1, 0.15) is 5.76 Å². The molecule has 1 aromatic rings. The van der Waals surface area contributed by atoms with E-state index in [1.807, 2.05) is 0 Å². The lowest BCUT2D eigenvalue weighted by Crippen LogP contribution is -2.28. The van der Waals surface area contributed by atoms with Crippen LogP contribution < -0.4 is 5.73 Å². The lowest BCUT2D eigenvalue weighted by Gasteiger charge is -2.13. The molecule has 13 heavy (non-hydrogen) atoms. The molecule has 0 aliphatic heterocycles. The second-order valence-electron chi connectivity index (χ2n) is 2.62. The zero-order valence-electron chi connectivity index (χ0n) is 6.65. The van der Waals surface area contributed by atoms with E-state index in [-0.39, 0.29) is 10.4 Å². The van der Waals surface area contributed by atoms with Crippen LogP contribution in [-0.4, -0.2) is 6.18 Å². The van der Waals surface area contributed by atoms with Gasteiger partial charge in [-0.1, -0.05) is 0 Å². The molecule has 0 aliphatic carbocycles. The molecule has 0 radical (unpaired) electrons. The molecule has 6 heteroatoms. The number of aryl methyl sites for hydroxylation is 1. The third-order valence-corrected chi connectivity index (χ3v) is 1.95. The Hall–Kier alpha value is -0.490. The fourth-order valence-corrected chi connectivity index (χ4v) is 1.43. The summed E-state index contributed by atoms with van der Waals surface area (Å²) in [4.78, 5) is 0. The maximum absolute atomic E-state index is 12.1. The first-order chi connectivity index (χ1) is 5.82. The van der Waals surface area contributed by atoms with Gasteiger partial charge in [-0.2, -0.15) is 13.2 Å². The molecule has 1 rings (SSSR count). The van der Waals surface area contributed by atoms with E-state index < -0.39 is 12.2 Å². The Kier molecular flexibility index (Phi) is 2.72. The molecule has 1 aromatic heterocycles. The summed E-state index contributed by atoms with van der Waals surface area (Å²) in [5.41, 5.74) is 5.33. The predicted molar refractivity (Wildman–Crippen MR) is 44.1 cm³/mol. The summed E-state index contributed by atoms with van der Waals surface area (Å²) < 4.78 is 41.4. The third-order valence-electron chi connectivity index (χ3n) is 1.56. The zero-order chi connectivity index (χ0) is 10.2. The Balaban J connectivity index is 3.01. The topological polar surface area (TPSA) is 39.2 Å². The second kappa shape index (κ2) is 3.34. The summed E-state index contributed by atoms with van der Waals surface area (Å²) in [6.07, 6.45) is -4.47. The largest absolute Gasteiger partial charge is 0.452 e. The number of furan rings is 1. The molecule has 0 saturated heterocycles. The summed E-state index contributed by atoms with van der Waals surface area (Å²) in [5, 5.41) is 0. The summed E-state index contributed by atoms with van der Waals surface area (Å²) in [6, 6.07) is -0.611. The predicted octanol–water partition coefficient (Wildman–Crippen LogP) is 2.91. The van der Waals surface area contributed by atoms with Crippen molar-refractivity contribution in [2.45, 2.75) is 19.1 Å². The monoisotopic (exact) mass is 257 g/mol. The molecule has 74 valence electrons. The maximum atomic E-state index is 12.1. The van der Waals surface area contributed by atoms with E-state index in [2.05, 4.69) is 15.9 Å². The molecule has 1 atom stereocenters. The van der Waals surface area contributed by atoms with Crippen LogP contribution in [0, 0.1) is 6.92 Å². The van der Waals surface area contributed by atoms with Crippen molar-refractivity contribution in [3.63, 3.8) is 0 Å². The van der Waals surface area contributed by atoms with E-state index >= 15 is 0 Å². The van der Waals surface area contributed by atoms with Gasteiger partial charge in [-0.25, -0.2) is 0 Å². The normalized spacial score (nSPS) is 14.6. The van der Waals surface area contributed by atoms with Crippen molar-refractivity contribution in [3.05, 3.63) is 22.1 Å². The van der Waals surface area contributed by atoms with Crippen LogP contribution in [0.3, 0.4) is 0 Å². The van der Waals surface area contributed by atoms with Crippen molar-refractivity contribution in [3.8, 4) is 0 Å². The van der Waals surface area contributed by atoms with E-state index in [0.717, 1.165) is 0 Å². The van der Waals surface area contributed by atoms with Crippen LogP contribution in [0.5, 0.6) is 0 Å². The molecule has 0 aliphatic rings. The first-order valence-corrected chi connectivity index (χ1v) is 4.20.